The molecule has 1 aromatic carbocycles. The number of nitriles is 2. The SMILES string of the molecule is CC1=C(C#N)C(c2ccc3[nH]ncc3c2)C(C#N)=C(c2cccnc2)N1. The van der Waals surface area contributed by atoms with Crippen molar-refractivity contribution in [2.24, 2.45) is 0 Å². The van der Waals surface area contributed by atoms with Gasteiger partial charge in [-0.25, -0.2) is 0 Å². The summed E-state index contributed by atoms with van der Waals surface area (Å²) in [5.74, 6) is -0.430. The van der Waals surface area contributed by atoms with Gasteiger partial charge in [0.1, 0.15) is 0 Å². The van der Waals surface area contributed by atoms with Crippen LogP contribution in [-0.2, 0) is 0 Å². The van der Waals surface area contributed by atoms with Gasteiger partial charge in [-0.3, -0.25) is 10.1 Å². The number of fused-ring (bicyclic) bond motifs is 1. The van der Waals surface area contributed by atoms with Gasteiger partial charge < -0.3 is 5.32 Å². The minimum absolute atomic E-state index is 0.430. The Morgan fingerprint density at radius 2 is 1.92 bits per heavy atom. The van der Waals surface area contributed by atoms with Crippen LogP contribution in [0.4, 0.5) is 0 Å². The molecule has 3 aromatic rings. The van der Waals surface area contributed by atoms with Gasteiger partial charge in [-0.1, -0.05) is 6.07 Å². The summed E-state index contributed by atoms with van der Waals surface area (Å²) >= 11 is 0. The van der Waals surface area contributed by atoms with Crippen LogP contribution in [0.1, 0.15) is 24.0 Å². The number of nitrogens with zero attached hydrogens (tertiary/aromatic N) is 4. The zero-order valence-corrected chi connectivity index (χ0v) is 14.0. The van der Waals surface area contributed by atoms with Crippen molar-refractivity contribution in [3.63, 3.8) is 0 Å². The van der Waals surface area contributed by atoms with Crippen LogP contribution in [0.25, 0.3) is 16.6 Å². The molecule has 2 N–H and O–H groups in total. The normalized spacial score (nSPS) is 17.0. The maximum Gasteiger partial charge on any atom is 0.0979 e. The van der Waals surface area contributed by atoms with Crippen LogP contribution in [0, 0.1) is 22.7 Å². The molecule has 124 valence electrons. The van der Waals surface area contributed by atoms with Gasteiger partial charge in [0.15, 0.2) is 0 Å². The van der Waals surface area contributed by atoms with Crippen LogP contribution in [0.2, 0.25) is 0 Å². The summed E-state index contributed by atoms with van der Waals surface area (Å²) in [4.78, 5) is 4.15. The second-order valence-corrected chi connectivity index (χ2v) is 6.07. The molecule has 0 bridgehead atoms. The number of pyridine rings is 1. The lowest BCUT2D eigenvalue weighted by molar-refractivity contribution is 0.879. The van der Waals surface area contributed by atoms with E-state index in [0.29, 0.717) is 16.8 Å². The van der Waals surface area contributed by atoms with E-state index in [-0.39, 0.29) is 0 Å². The Bertz CT molecular complexity index is 1140. The van der Waals surface area contributed by atoms with Crippen LogP contribution in [-0.4, -0.2) is 15.2 Å². The summed E-state index contributed by atoms with van der Waals surface area (Å²) in [6.45, 7) is 1.85. The molecule has 0 spiro atoms. The van der Waals surface area contributed by atoms with Gasteiger partial charge in [-0.15, -0.1) is 0 Å². The van der Waals surface area contributed by atoms with E-state index >= 15 is 0 Å². The highest BCUT2D eigenvalue weighted by molar-refractivity contribution is 5.81. The van der Waals surface area contributed by atoms with Crippen molar-refractivity contribution >= 4 is 16.6 Å². The molecule has 3 heterocycles. The van der Waals surface area contributed by atoms with Crippen molar-refractivity contribution in [3.05, 3.63) is 76.9 Å². The maximum absolute atomic E-state index is 9.91. The Balaban J connectivity index is 1.95. The Hall–Kier alpha value is -3.90. The first kappa shape index (κ1) is 15.6. The van der Waals surface area contributed by atoms with E-state index in [1.807, 2.05) is 37.3 Å². The highest BCUT2D eigenvalue weighted by Gasteiger charge is 2.31. The summed E-state index contributed by atoms with van der Waals surface area (Å²) in [6, 6.07) is 14.1. The number of aromatic nitrogens is 3. The van der Waals surface area contributed by atoms with Gasteiger partial charge in [0.2, 0.25) is 0 Å². The minimum Gasteiger partial charge on any atom is -0.357 e. The molecule has 1 aliphatic heterocycles. The van der Waals surface area contributed by atoms with Gasteiger partial charge in [-0.05, 0) is 36.8 Å². The fourth-order valence-electron chi connectivity index (χ4n) is 3.31. The Morgan fingerprint density at radius 3 is 2.65 bits per heavy atom. The molecule has 4 rings (SSSR count). The summed E-state index contributed by atoms with van der Waals surface area (Å²) < 4.78 is 0. The third-order valence-electron chi connectivity index (χ3n) is 4.55. The van der Waals surface area contributed by atoms with Crippen LogP contribution in [0.15, 0.2) is 65.8 Å². The summed E-state index contributed by atoms with van der Waals surface area (Å²) in [5.41, 5.74) is 5.08. The third kappa shape index (κ3) is 2.42. The molecule has 0 saturated carbocycles. The van der Waals surface area contributed by atoms with Crippen molar-refractivity contribution in [2.45, 2.75) is 12.8 Å². The lowest BCUT2D eigenvalue weighted by atomic mass is 9.80. The molecule has 0 amide bonds. The van der Waals surface area contributed by atoms with Gasteiger partial charge in [0.05, 0.1) is 46.6 Å². The smallest absolute Gasteiger partial charge is 0.0979 e. The highest BCUT2D eigenvalue weighted by Crippen LogP contribution is 2.40. The largest absolute Gasteiger partial charge is 0.357 e. The maximum atomic E-state index is 9.91. The number of allylic oxidation sites excluding steroid dienone is 3. The number of hydrogen-bond donors (Lipinski definition) is 2. The Kier molecular flexibility index (Phi) is 3.72. The fraction of sp³-hybridized carbons (Fsp3) is 0.100. The van der Waals surface area contributed by atoms with Gasteiger partial charge >= 0.3 is 0 Å². The average molecular weight is 338 g/mol. The van der Waals surface area contributed by atoms with E-state index < -0.39 is 5.92 Å². The number of aromatic amines is 1. The fourth-order valence-corrected chi connectivity index (χ4v) is 3.31. The second kappa shape index (κ2) is 6.19. The summed E-state index contributed by atoms with van der Waals surface area (Å²) in [7, 11) is 0. The van der Waals surface area contributed by atoms with Crippen molar-refractivity contribution in [1.82, 2.24) is 20.5 Å². The van der Waals surface area contributed by atoms with Crippen LogP contribution >= 0.6 is 0 Å². The molecular formula is C20H14N6. The lowest BCUT2D eigenvalue weighted by Gasteiger charge is -2.27. The molecular weight excluding hydrogens is 324 g/mol. The average Bonchev–Trinajstić information content (AvgIpc) is 3.15. The Morgan fingerprint density at radius 1 is 1.08 bits per heavy atom. The number of H-pyrrole nitrogens is 1. The molecule has 0 saturated heterocycles. The molecule has 0 aliphatic carbocycles. The zero-order chi connectivity index (χ0) is 18.1. The van der Waals surface area contributed by atoms with E-state index in [0.717, 1.165) is 27.7 Å². The monoisotopic (exact) mass is 338 g/mol. The van der Waals surface area contributed by atoms with Crippen molar-refractivity contribution in [1.29, 1.82) is 10.5 Å². The predicted molar refractivity (Wildman–Crippen MR) is 97.1 cm³/mol. The molecule has 1 aliphatic rings. The van der Waals surface area contributed by atoms with Crippen molar-refractivity contribution < 1.29 is 0 Å². The number of hydrogen-bond acceptors (Lipinski definition) is 5. The standard InChI is InChI=1S/C20H14N6/c1-12-16(8-21)19(13-4-5-18-15(7-13)11-24-26-18)17(9-22)20(25-12)14-3-2-6-23-10-14/h2-7,10-11,19,25H,1H3,(H,24,26). The summed E-state index contributed by atoms with van der Waals surface area (Å²) in [6.07, 6.45) is 5.13. The molecule has 6 heteroatoms. The van der Waals surface area contributed by atoms with Gasteiger partial charge in [0.25, 0.3) is 0 Å². The first-order valence-corrected chi connectivity index (χ1v) is 8.08. The molecule has 26 heavy (non-hydrogen) atoms. The number of nitrogens with one attached hydrogen (secondary N) is 2. The number of dihydropyridines is 1. The van der Waals surface area contributed by atoms with E-state index in [1.54, 1.807) is 18.6 Å². The molecule has 6 nitrogen and oxygen atoms in total. The third-order valence-corrected chi connectivity index (χ3v) is 4.55. The van der Waals surface area contributed by atoms with Crippen LogP contribution in [0.5, 0.6) is 0 Å². The second-order valence-electron chi connectivity index (χ2n) is 6.07. The molecule has 0 fully saturated rings. The van der Waals surface area contributed by atoms with E-state index in [1.165, 1.54) is 0 Å². The predicted octanol–water partition coefficient (Wildman–Crippen LogP) is 3.38. The first-order chi connectivity index (χ1) is 12.7. The van der Waals surface area contributed by atoms with Gasteiger partial charge in [0, 0.05) is 29.0 Å². The number of rotatable bonds is 2. The zero-order valence-electron chi connectivity index (χ0n) is 14.0. The highest BCUT2D eigenvalue weighted by atomic mass is 15.1. The van der Waals surface area contributed by atoms with E-state index in [2.05, 4.69) is 32.6 Å². The molecule has 2 aromatic heterocycles. The van der Waals surface area contributed by atoms with Crippen molar-refractivity contribution in [2.75, 3.05) is 0 Å². The van der Waals surface area contributed by atoms with Crippen LogP contribution in [0.3, 0.4) is 0 Å². The topological polar surface area (TPSA) is 101 Å². The summed E-state index contributed by atoms with van der Waals surface area (Å²) in [5, 5.41) is 30.8. The molecule has 0 radical (unpaired) electrons. The van der Waals surface area contributed by atoms with Crippen LogP contribution < -0.4 is 5.32 Å². The van der Waals surface area contributed by atoms with E-state index in [9.17, 15) is 10.5 Å². The molecule has 1 unspecified atom stereocenters. The lowest BCUT2D eigenvalue weighted by Crippen LogP contribution is -2.24. The Labute approximate surface area is 150 Å². The first-order valence-electron chi connectivity index (χ1n) is 8.08. The van der Waals surface area contributed by atoms with Crippen molar-refractivity contribution in [3.8, 4) is 12.1 Å². The van der Waals surface area contributed by atoms with Gasteiger partial charge in [-0.2, -0.15) is 15.6 Å². The minimum atomic E-state index is -0.430. The molecule has 1 atom stereocenters. The quantitative estimate of drug-likeness (QED) is 0.746. The number of benzene rings is 1. The van der Waals surface area contributed by atoms with E-state index in [4.69, 9.17) is 0 Å².